The van der Waals surface area contributed by atoms with Crippen molar-refractivity contribution >= 4 is 39.3 Å². The van der Waals surface area contributed by atoms with Crippen LogP contribution in [0.25, 0.3) is 6.08 Å². The van der Waals surface area contributed by atoms with Crippen LogP contribution in [-0.4, -0.2) is 32.2 Å². The summed E-state index contributed by atoms with van der Waals surface area (Å²) in [7, 11) is -2.49. The standard InChI is InChI=1S/C17H16ClFN2O3S/c1-21(12-17(22)20-16-4-2-3-15(19)11-16)25(23,24)10-9-13-5-7-14(18)8-6-13/h2-11H,12H2,1H3,(H,20,22)/b10-9+. The monoisotopic (exact) mass is 382 g/mol. The summed E-state index contributed by atoms with van der Waals surface area (Å²) in [5, 5.41) is 3.99. The molecule has 0 saturated heterocycles. The molecule has 0 spiro atoms. The second kappa shape index (κ2) is 8.24. The molecule has 132 valence electrons. The van der Waals surface area contributed by atoms with Gasteiger partial charge in [0.2, 0.25) is 15.9 Å². The van der Waals surface area contributed by atoms with E-state index in [1.54, 1.807) is 24.3 Å². The Morgan fingerprint density at radius 3 is 2.56 bits per heavy atom. The van der Waals surface area contributed by atoms with Gasteiger partial charge in [-0.1, -0.05) is 29.8 Å². The van der Waals surface area contributed by atoms with Crippen molar-refractivity contribution in [2.45, 2.75) is 0 Å². The van der Waals surface area contributed by atoms with E-state index >= 15 is 0 Å². The number of amides is 1. The number of halogens is 2. The lowest BCUT2D eigenvalue weighted by Crippen LogP contribution is -2.33. The summed E-state index contributed by atoms with van der Waals surface area (Å²) in [5.41, 5.74) is 0.915. The van der Waals surface area contributed by atoms with E-state index in [0.717, 1.165) is 15.8 Å². The van der Waals surface area contributed by atoms with E-state index in [-0.39, 0.29) is 5.69 Å². The Bertz CT molecular complexity index is 883. The topological polar surface area (TPSA) is 66.5 Å². The molecule has 2 rings (SSSR count). The highest BCUT2D eigenvalue weighted by Gasteiger charge is 2.17. The molecular formula is C17H16ClFN2O3S. The Hall–Kier alpha value is -2.22. The molecule has 0 atom stereocenters. The van der Waals surface area contributed by atoms with Gasteiger partial charge in [-0.05, 0) is 42.0 Å². The first kappa shape index (κ1) is 19.1. The van der Waals surface area contributed by atoms with E-state index in [1.165, 1.54) is 31.3 Å². The number of anilines is 1. The van der Waals surface area contributed by atoms with Crippen molar-refractivity contribution in [1.82, 2.24) is 4.31 Å². The number of hydrogen-bond acceptors (Lipinski definition) is 3. The molecule has 25 heavy (non-hydrogen) atoms. The van der Waals surface area contributed by atoms with Gasteiger partial charge < -0.3 is 5.32 Å². The van der Waals surface area contributed by atoms with Crippen molar-refractivity contribution in [3.63, 3.8) is 0 Å². The maximum absolute atomic E-state index is 13.1. The lowest BCUT2D eigenvalue weighted by molar-refractivity contribution is -0.116. The molecule has 0 heterocycles. The zero-order valence-corrected chi connectivity index (χ0v) is 14.9. The molecule has 0 fully saturated rings. The first-order chi connectivity index (χ1) is 11.8. The summed E-state index contributed by atoms with van der Waals surface area (Å²) in [6.45, 7) is -0.399. The molecule has 0 radical (unpaired) electrons. The van der Waals surface area contributed by atoms with Gasteiger partial charge in [-0.3, -0.25) is 4.79 Å². The van der Waals surface area contributed by atoms with Crippen LogP contribution < -0.4 is 5.32 Å². The summed E-state index contributed by atoms with van der Waals surface area (Å²) in [5.74, 6) is -1.07. The number of hydrogen-bond donors (Lipinski definition) is 1. The highest BCUT2D eigenvalue weighted by Crippen LogP contribution is 2.13. The van der Waals surface area contributed by atoms with Crippen LogP contribution in [0.5, 0.6) is 0 Å². The van der Waals surface area contributed by atoms with E-state index < -0.39 is 28.3 Å². The first-order valence-electron chi connectivity index (χ1n) is 7.22. The largest absolute Gasteiger partial charge is 0.325 e. The second-order valence-corrected chi connectivity index (χ2v) is 7.58. The van der Waals surface area contributed by atoms with Crippen molar-refractivity contribution in [1.29, 1.82) is 0 Å². The quantitative estimate of drug-likeness (QED) is 0.833. The molecule has 1 N–H and O–H groups in total. The van der Waals surface area contributed by atoms with Crippen LogP contribution in [0, 0.1) is 5.82 Å². The van der Waals surface area contributed by atoms with E-state index in [0.29, 0.717) is 10.6 Å². The number of nitrogens with one attached hydrogen (secondary N) is 1. The summed E-state index contributed by atoms with van der Waals surface area (Å²) >= 11 is 5.77. The average Bonchev–Trinajstić information content (AvgIpc) is 2.54. The molecule has 0 aliphatic carbocycles. The molecule has 0 aliphatic heterocycles. The van der Waals surface area contributed by atoms with Gasteiger partial charge in [0, 0.05) is 23.2 Å². The number of sulfonamides is 1. The predicted molar refractivity (Wildman–Crippen MR) is 97.1 cm³/mol. The van der Waals surface area contributed by atoms with Gasteiger partial charge in [-0.2, -0.15) is 4.31 Å². The van der Waals surface area contributed by atoms with Crippen LogP contribution in [0.2, 0.25) is 5.02 Å². The molecule has 8 heteroatoms. The lowest BCUT2D eigenvalue weighted by atomic mass is 10.2. The normalized spacial score (nSPS) is 11.8. The van der Waals surface area contributed by atoms with Crippen molar-refractivity contribution < 1.29 is 17.6 Å². The van der Waals surface area contributed by atoms with Crippen LogP contribution >= 0.6 is 11.6 Å². The van der Waals surface area contributed by atoms with E-state index in [1.807, 2.05) is 0 Å². The molecule has 0 unspecified atom stereocenters. The summed E-state index contributed by atoms with van der Waals surface area (Å²) < 4.78 is 38.3. The zero-order valence-electron chi connectivity index (χ0n) is 13.3. The Labute approximate surface area is 150 Å². The third-order valence-corrected chi connectivity index (χ3v) is 4.94. The minimum atomic E-state index is -3.78. The fourth-order valence-corrected chi connectivity index (χ4v) is 2.86. The van der Waals surface area contributed by atoms with Crippen molar-refractivity contribution in [3.8, 4) is 0 Å². The van der Waals surface area contributed by atoms with E-state index in [2.05, 4.69) is 5.32 Å². The Balaban J connectivity index is 1.99. The lowest BCUT2D eigenvalue weighted by Gasteiger charge is -2.14. The number of likely N-dealkylation sites (N-methyl/N-ethyl adjacent to an activating group) is 1. The highest BCUT2D eigenvalue weighted by atomic mass is 35.5. The van der Waals surface area contributed by atoms with Crippen molar-refractivity contribution in [2.24, 2.45) is 0 Å². The minimum absolute atomic E-state index is 0.257. The molecule has 0 aromatic heterocycles. The van der Waals surface area contributed by atoms with Crippen molar-refractivity contribution in [2.75, 3.05) is 18.9 Å². The number of carbonyl (C=O) groups excluding carboxylic acids is 1. The van der Waals surface area contributed by atoms with E-state index in [9.17, 15) is 17.6 Å². The van der Waals surface area contributed by atoms with Gasteiger partial charge in [0.15, 0.2) is 0 Å². The average molecular weight is 383 g/mol. The number of rotatable bonds is 6. The first-order valence-corrected chi connectivity index (χ1v) is 9.10. The molecule has 2 aromatic carbocycles. The fourth-order valence-electron chi connectivity index (χ4n) is 1.90. The number of carbonyl (C=O) groups is 1. The Morgan fingerprint density at radius 2 is 1.92 bits per heavy atom. The van der Waals surface area contributed by atoms with Crippen molar-refractivity contribution in [3.05, 3.63) is 70.3 Å². The van der Waals surface area contributed by atoms with Crippen LogP contribution in [0.1, 0.15) is 5.56 Å². The smallest absolute Gasteiger partial charge is 0.239 e. The maximum Gasteiger partial charge on any atom is 0.239 e. The predicted octanol–water partition coefficient (Wildman–Crippen LogP) is 3.35. The van der Waals surface area contributed by atoms with Gasteiger partial charge in [0.1, 0.15) is 5.82 Å². The Kier molecular flexibility index (Phi) is 6.30. The summed E-state index contributed by atoms with van der Waals surface area (Å²) in [6, 6.07) is 12.0. The molecule has 0 saturated carbocycles. The van der Waals surface area contributed by atoms with Gasteiger partial charge in [0.05, 0.1) is 6.54 Å². The SMILES string of the molecule is CN(CC(=O)Nc1cccc(F)c1)S(=O)(=O)/C=C/c1ccc(Cl)cc1. The zero-order chi connectivity index (χ0) is 18.4. The van der Waals surface area contributed by atoms with Crippen LogP contribution in [0.15, 0.2) is 53.9 Å². The van der Waals surface area contributed by atoms with Gasteiger partial charge in [-0.15, -0.1) is 0 Å². The molecular weight excluding hydrogens is 367 g/mol. The van der Waals surface area contributed by atoms with Gasteiger partial charge >= 0.3 is 0 Å². The Morgan fingerprint density at radius 1 is 1.24 bits per heavy atom. The molecule has 0 aliphatic rings. The third kappa shape index (κ3) is 5.97. The molecule has 5 nitrogen and oxygen atoms in total. The second-order valence-electron chi connectivity index (χ2n) is 5.21. The van der Waals surface area contributed by atoms with E-state index in [4.69, 9.17) is 11.6 Å². The van der Waals surface area contributed by atoms with Crippen LogP contribution in [-0.2, 0) is 14.8 Å². The summed E-state index contributed by atoms with van der Waals surface area (Å²) in [4.78, 5) is 11.9. The van der Waals surface area contributed by atoms with Crippen LogP contribution in [0.3, 0.4) is 0 Å². The van der Waals surface area contributed by atoms with Crippen LogP contribution in [0.4, 0.5) is 10.1 Å². The minimum Gasteiger partial charge on any atom is -0.325 e. The molecule has 2 aromatic rings. The van der Waals surface area contributed by atoms with Gasteiger partial charge in [-0.25, -0.2) is 12.8 Å². The van der Waals surface area contributed by atoms with Gasteiger partial charge in [0.25, 0.3) is 0 Å². The molecule has 1 amide bonds. The fraction of sp³-hybridized carbons (Fsp3) is 0.118. The molecule has 0 bridgehead atoms. The highest BCUT2D eigenvalue weighted by molar-refractivity contribution is 7.92. The number of nitrogens with zero attached hydrogens (tertiary/aromatic N) is 1. The summed E-state index contributed by atoms with van der Waals surface area (Å²) in [6.07, 6.45) is 1.41. The maximum atomic E-state index is 13.1. The number of benzene rings is 2. The third-order valence-electron chi connectivity index (χ3n) is 3.21.